The van der Waals surface area contributed by atoms with E-state index in [1.54, 1.807) is 6.92 Å². The van der Waals surface area contributed by atoms with Crippen molar-refractivity contribution in [3.05, 3.63) is 35.1 Å². The van der Waals surface area contributed by atoms with Gasteiger partial charge in [0.25, 0.3) is 0 Å². The van der Waals surface area contributed by atoms with Crippen molar-refractivity contribution >= 4 is 11.8 Å². The highest BCUT2D eigenvalue weighted by molar-refractivity contribution is 6.04. The van der Waals surface area contributed by atoms with Crippen LogP contribution in [0.25, 0.3) is 0 Å². The first kappa shape index (κ1) is 14.6. The van der Waals surface area contributed by atoms with Gasteiger partial charge >= 0.3 is 5.97 Å². The molecule has 0 heterocycles. The van der Waals surface area contributed by atoms with Gasteiger partial charge in [0.1, 0.15) is 23.4 Å². The van der Waals surface area contributed by atoms with Gasteiger partial charge in [-0.2, -0.15) is 0 Å². The van der Waals surface area contributed by atoms with E-state index < -0.39 is 46.6 Å². The van der Waals surface area contributed by atoms with Crippen molar-refractivity contribution in [2.45, 2.75) is 25.7 Å². The van der Waals surface area contributed by atoms with Crippen LogP contribution in [0.3, 0.4) is 0 Å². The van der Waals surface area contributed by atoms with Crippen LogP contribution in [-0.4, -0.2) is 18.4 Å². The molecule has 0 N–H and O–H groups in total. The van der Waals surface area contributed by atoms with E-state index in [1.165, 1.54) is 0 Å². The average Bonchev–Trinajstić information content (AvgIpc) is 2.71. The van der Waals surface area contributed by atoms with Gasteiger partial charge in [0.05, 0.1) is 6.61 Å². The maximum Gasteiger partial charge on any atom is 0.316 e. The molecule has 1 aliphatic carbocycles. The van der Waals surface area contributed by atoms with E-state index in [1.807, 2.05) is 0 Å². The van der Waals surface area contributed by atoms with Gasteiger partial charge in [-0.05, 0) is 19.8 Å². The molecule has 0 aliphatic heterocycles. The number of carbonyl (C=O) groups excluding carboxylic acids is 2. The van der Waals surface area contributed by atoms with Crippen molar-refractivity contribution in [3.8, 4) is 0 Å². The minimum atomic E-state index is -1.11. The molecule has 0 amide bonds. The maximum absolute atomic E-state index is 13.7. The third-order valence-electron chi connectivity index (χ3n) is 3.39. The van der Waals surface area contributed by atoms with Crippen molar-refractivity contribution in [1.82, 2.24) is 0 Å². The van der Waals surface area contributed by atoms with Crippen LogP contribution >= 0.6 is 0 Å². The molecule has 1 saturated carbocycles. The number of hydrogen-bond acceptors (Lipinski definition) is 3. The van der Waals surface area contributed by atoms with Gasteiger partial charge in [-0.1, -0.05) is 0 Å². The summed E-state index contributed by atoms with van der Waals surface area (Å²) in [6.45, 7) is 1.74. The quantitative estimate of drug-likeness (QED) is 0.634. The number of hydrogen-bond donors (Lipinski definition) is 0. The van der Waals surface area contributed by atoms with E-state index in [-0.39, 0.29) is 19.4 Å². The lowest BCUT2D eigenvalue weighted by molar-refractivity contribution is -0.150. The Hall–Kier alpha value is -1.85. The smallest absolute Gasteiger partial charge is 0.316 e. The molecule has 1 aromatic carbocycles. The number of benzene rings is 1. The van der Waals surface area contributed by atoms with Crippen molar-refractivity contribution in [1.29, 1.82) is 0 Å². The second-order valence-electron chi connectivity index (χ2n) is 4.62. The number of ether oxygens (including phenoxy) is 1. The summed E-state index contributed by atoms with van der Waals surface area (Å²) in [5.74, 6) is -6.57. The van der Waals surface area contributed by atoms with Crippen molar-refractivity contribution in [2.24, 2.45) is 5.92 Å². The molecule has 20 heavy (non-hydrogen) atoms. The molecule has 1 aromatic rings. The van der Waals surface area contributed by atoms with Crippen molar-refractivity contribution in [3.63, 3.8) is 0 Å². The summed E-state index contributed by atoms with van der Waals surface area (Å²) in [6, 6.07) is 1.06. The third kappa shape index (κ3) is 2.55. The van der Waals surface area contributed by atoms with E-state index >= 15 is 0 Å². The van der Waals surface area contributed by atoms with Crippen LogP contribution in [0.15, 0.2) is 12.1 Å². The molecule has 108 valence electrons. The van der Waals surface area contributed by atoms with Crippen LogP contribution in [0.5, 0.6) is 0 Å². The molecule has 3 nitrogen and oxygen atoms in total. The van der Waals surface area contributed by atoms with E-state index in [2.05, 4.69) is 0 Å². The lowest BCUT2D eigenvalue weighted by Crippen LogP contribution is -2.24. The summed E-state index contributed by atoms with van der Waals surface area (Å²) < 4.78 is 44.9. The molecule has 0 spiro atoms. The topological polar surface area (TPSA) is 43.4 Å². The molecule has 0 aromatic heterocycles. The number of halogens is 3. The van der Waals surface area contributed by atoms with Gasteiger partial charge in [-0.3, -0.25) is 9.59 Å². The Morgan fingerprint density at radius 3 is 2.40 bits per heavy atom. The van der Waals surface area contributed by atoms with Crippen LogP contribution in [0, 0.1) is 23.4 Å². The normalized spacial score (nSPS) is 22.1. The van der Waals surface area contributed by atoms with Gasteiger partial charge in [0.15, 0.2) is 5.78 Å². The molecule has 6 heteroatoms. The number of Topliss-reactive ketones (excluding diaryl/α,β-unsaturated/α-hetero) is 1. The fourth-order valence-electron chi connectivity index (χ4n) is 2.51. The Labute approximate surface area is 113 Å². The SMILES string of the molecule is CCOC(=O)C1CCC(c2c(F)cc(F)cc2F)C1=O. The van der Waals surface area contributed by atoms with E-state index in [9.17, 15) is 22.8 Å². The van der Waals surface area contributed by atoms with Gasteiger partial charge < -0.3 is 4.74 Å². The Bertz CT molecular complexity index is 534. The van der Waals surface area contributed by atoms with Crippen LogP contribution in [-0.2, 0) is 14.3 Å². The van der Waals surface area contributed by atoms with Gasteiger partial charge in [-0.15, -0.1) is 0 Å². The average molecular weight is 286 g/mol. The van der Waals surface area contributed by atoms with E-state index in [0.29, 0.717) is 12.1 Å². The second kappa shape index (κ2) is 5.64. The fourth-order valence-corrected chi connectivity index (χ4v) is 2.51. The molecular weight excluding hydrogens is 273 g/mol. The standard InChI is InChI=1S/C14H13F3O3/c1-2-20-14(19)9-4-3-8(13(9)18)12-10(16)5-7(15)6-11(12)17/h5-6,8-9H,2-4H2,1H3. The van der Waals surface area contributed by atoms with Crippen molar-refractivity contribution < 1.29 is 27.5 Å². The predicted octanol–water partition coefficient (Wildman–Crippen LogP) is 2.73. The predicted molar refractivity (Wildman–Crippen MR) is 63.4 cm³/mol. The third-order valence-corrected chi connectivity index (χ3v) is 3.39. The second-order valence-corrected chi connectivity index (χ2v) is 4.62. The maximum atomic E-state index is 13.7. The van der Waals surface area contributed by atoms with Crippen LogP contribution < -0.4 is 0 Å². The summed E-state index contributed by atoms with van der Waals surface area (Å²) in [6.07, 6.45) is 0.320. The Morgan fingerprint density at radius 2 is 1.85 bits per heavy atom. The number of rotatable bonds is 3. The molecule has 1 aliphatic rings. The Balaban J connectivity index is 2.28. The molecular formula is C14H13F3O3. The van der Waals surface area contributed by atoms with E-state index in [4.69, 9.17) is 4.74 Å². The highest BCUT2D eigenvalue weighted by Gasteiger charge is 2.42. The summed E-state index contributed by atoms with van der Waals surface area (Å²) in [5.41, 5.74) is -0.469. The summed E-state index contributed by atoms with van der Waals surface area (Å²) >= 11 is 0. The van der Waals surface area contributed by atoms with Crippen LogP contribution in [0.2, 0.25) is 0 Å². The Morgan fingerprint density at radius 1 is 1.25 bits per heavy atom. The minimum Gasteiger partial charge on any atom is -0.465 e. The summed E-state index contributed by atoms with van der Waals surface area (Å²) in [7, 11) is 0. The summed E-state index contributed by atoms with van der Waals surface area (Å²) in [5, 5.41) is 0. The lowest BCUT2D eigenvalue weighted by atomic mass is 9.94. The monoisotopic (exact) mass is 286 g/mol. The highest BCUT2D eigenvalue weighted by Crippen LogP contribution is 2.38. The molecule has 0 saturated heterocycles. The first-order valence-corrected chi connectivity index (χ1v) is 6.30. The number of ketones is 1. The number of carbonyl (C=O) groups is 2. The van der Waals surface area contributed by atoms with Gasteiger partial charge in [0, 0.05) is 23.6 Å². The summed E-state index contributed by atoms with van der Waals surface area (Å²) in [4.78, 5) is 23.6. The first-order chi connectivity index (χ1) is 9.45. The molecule has 0 radical (unpaired) electrons. The molecule has 0 bridgehead atoms. The lowest BCUT2D eigenvalue weighted by Gasteiger charge is -2.12. The van der Waals surface area contributed by atoms with Crippen molar-refractivity contribution in [2.75, 3.05) is 6.61 Å². The Kier molecular flexibility index (Phi) is 4.11. The molecule has 2 rings (SSSR count). The van der Waals surface area contributed by atoms with E-state index in [0.717, 1.165) is 0 Å². The zero-order valence-corrected chi connectivity index (χ0v) is 10.8. The molecule has 1 fully saturated rings. The minimum absolute atomic E-state index is 0.131. The molecule has 2 unspecified atom stereocenters. The largest absolute Gasteiger partial charge is 0.465 e. The van der Waals surface area contributed by atoms with Crippen LogP contribution in [0.1, 0.15) is 31.2 Å². The van der Waals surface area contributed by atoms with Gasteiger partial charge in [0.2, 0.25) is 0 Å². The fraction of sp³-hybridized carbons (Fsp3) is 0.429. The number of esters is 1. The first-order valence-electron chi connectivity index (χ1n) is 6.30. The van der Waals surface area contributed by atoms with Gasteiger partial charge in [-0.25, -0.2) is 13.2 Å². The molecule has 2 atom stereocenters. The highest BCUT2D eigenvalue weighted by atomic mass is 19.1. The zero-order valence-electron chi connectivity index (χ0n) is 10.8. The van der Waals surface area contributed by atoms with Crippen LogP contribution in [0.4, 0.5) is 13.2 Å². The zero-order chi connectivity index (χ0) is 14.9.